The molecular formula is C22H35N5O2S. The number of thiophene rings is 1. The summed E-state index contributed by atoms with van der Waals surface area (Å²) in [5, 5.41) is 8.64. The third-order valence-electron chi connectivity index (χ3n) is 6.10. The van der Waals surface area contributed by atoms with Crippen LogP contribution < -0.4 is 10.6 Å². The van der Waals surface area contributed by atoms with Crippen molar-refractivity contribution in [1.82, 2.24) is 20.4 Å². The smallest absolute Gasteiger partial charge is 0.230 e. The van der Waals surface area contributed by atoms with Gasteiger partial charge in [0.2, 0.25) is 11.8 Å². The summed E-state index contributed by atoms with van der Waals surface area (Å²) < 4.78 is 0. The number of carbonyl (C=O) groups excluding carboxylic acids is 2. The highest BCUT2D eigenvalue weighted by atomic mass is 32.1. The predicted octanol–water partition coefficient (Wildman–Crippen LogP) is 2.23. The van der Waals surface area contributed by atoms with E-state index in [-0.39, 0.29) is 17.2 Å². The molecule has 0 atom stereocenters. The van der Waals surface area contributed by atoms with Crippen molar-refractivity contribution in [3.8, 4) is 0 Å². The fraction of sp³-hybridized carbons (Fsp3) is 0.682. The third kappa shape index (κ3) is 5.33. The van der Waals surface area contributed by atoms with Gasteiger partial charge in [-0.1, -0.05) is 12.8 Å². The average Bonchev–Trinajstić information content (AvgIpc) is 3.40. The van der Waals surface area contributed by atoms with Gasteiger partial charge >= 0.3 is 0 Å². The van der Waals surface area contributed by atoms with E-state index in [1.807, 2.05) is 25.9 Å². The topological polar surface area (TPSA) is 77.0 Å². The molecule has 1 aromatic heterocycles. The summed E-state index contributed by atoms with van der Waals surface area (Å²) in [6.07, 6.45) is 5.34. The fourth-order valence-corrected chi connectivity index (χ4v) is 5.33. The van der Waals surface area contributed by atoms with E-state index >= 15 is 0 Å². The molecule has 0 bridgehead atoms. The number of nitrogens with zero attached hydrogens (tertiary/aromatic N) is 3. The molecule has 0 unspecified atom stereocenters. The normalized spacial score (nSPS) is 18.1. The van der Waals surface area contributed by atoms with Crippen LogP contribution in [0.25, 0.3) is 0 Å². The van der Waals surface area contributed by atoms with Gasteiger partial charge in [-0.3, -0.25) is 14.6 Å². The summed E-state index contributed by atoms with van der Waals surface area (Å²) in [5.41, 5.74) is 0.906. The SMILES string of the molecule is CCNC(=NCC1(C(=O)N(C)C)CCCC1)NCCC(=O)N1CCc2sccc2C1. The van der Waals surface area contributed by atoms with Crippen molar-refractivity contribution in [1.29, 1.82) is 0 Å². The maximum atomic E-state index is 12.8. The number of aliphatic imine (C=N–C) groups is 1. The quantitative estimate of drug-likeness (QED) is 0.511. The van der Waals surface area contributed by atoms with Crippen LogP contribution in [0.15, 0.2) is 16.4 Å². The summed E-state index contributed by atoms with van der Waals surface area (Å²) in [5.74, 6) is 1.03. The molecule has 0 spiro atoms. The number of nitrogens with one attached hydrogen (secondary N) is 2. The first-order chi connectivity index (χ1) is 14.4. The van der Waals surface area contributed by atoms with Gasteiger partial charge in [-0.15, -0.1) is 11.3 Å². The Bertz CT molecular complexity index is 767. The molecule has 166 valence electrons. The molecule has 3 rings (SSSR count). The van der Waals surface area contributed by atoms with Crippen LogP contribution in [-0.4, -0.2) is 67.8 Å². The van der Waals surface area contributed by atoms with Gasteiger partial charge < -0.3 is 20.4 Å². The minimum atomic E-state index is -0.381. The van der Waals surface area contributed by atoms with Gasteiger partial charge in [0.15, 0.2) is 5.96 Å². The molecule has 2 N–H and O–H groups in total. The maximum Gasteiger partial charge on any atom is 0.230 e. The summed E-state index contributed by atoms with van der Waals surface area (Å²) in [6.45, 7) is 5.30. The number of hydrogen-bond donors (Lipinski definition) is 2. The van der Waals surface area contributed by atoms with Crippen molar-refractivity contribution >= 4 is 29.1 Å². The zero-order chi connectivity index (χ0) is 21.6. The molecule has 0 aromatic carbocycles. The van der Waals surface area contributed by atoms with Crippen molar-refractivity contribution in [3.63, 3.8) is 0 Å². The molecule has 0 radical (unpaired) electrons. The molecule has 7 nitrogen and oxygen atoms in total. The van der Waals surface area contributed by atoms with Gasteiger partial charge in [-0.2, -0.15) is 0 Å². The third-order valence-corrected chi connectivity index (χ3v) is 7.12. The van der Waals surface area contributed by atoms with Crippen LogP contribution in [0.2, 0.25) is 0 Å². The van der Waals surface area contributed by atoms with Crippen LogP contribution in [0.4, 0.5) is 0 Å². The number of carbonyl (C=O) groups is 2. The molecule has 0 saturated heterocycles. The first-order valence-corrected chi connectivity index (χ1v) is 11.9. The second kappa shape index (κ2) is 10.3. The van der Waals surface area contributed by atoms with Crippen LogP contribution in [0.3, 0.4) is 0 Å². The zero-order valence-corrected chi connectivity index (χ0v) is 19.3. The second-order valence-electron chi connectivity index (χ2n) is 8.49. The predicted molar refractivity (Wildman–Crippen MR) is 122 cm³/mol. The van der Waals surface area contributed by atoms with Gasteiger partial charge in [0, 0.05) is 51.6 Å². The van der Waals surface area contributed by atoms with Crippen LogP contribution in [0.5, 0.6) is 0 Å². The van der Waals surface area contributed by atoms with E-state index in [4.69, 9.17) is 4.99 Å². The average molecular weight is 434 g/mol. The minimum Gasteiger partial charge on any atom is -0.357 e. The molecular weight excluding hydrogens is 398 g/mol. The Morgan fingerprint density at radius 1 is 1.27 bits per heavy atom. The Balaban J connectivity index is 1.52. The molecule has 1 aliphatic carbocycles. The van der Waals surface area contributed by atoms with Crippen molar-refractivity contribution in [2.24, 2.45) is 10.4 Å². The Kier molecular flexibility index (Phi) is 7.75. The maximum absolute atomic E-state index is 12.8. The highest BCUT2D eigenvalue weighted by Crippen LogP contribution is 2.39. The second-order valence-corrected chi connectivity index (χ2v) is 9.49. The van der Waals surface area contributed by atoms with E-state index in [9.17, 15) is 9.59 Å². The van der Waals surface area contributed by atoms with E-state index in [0.29, 0.717) is 25.5 Å². The number of fused-ring (bicyclic) bond motifs is 1. The molecule has 30 heavy (non-hydrogen) atoms. The Labute approximate surface area is 183 Å². The Hall–Kier alpha value is -2.09. The Morgan fingerprint density at radius 3 is 2.73 bits per heavy atom. The van der Waals surface area contributed by atoms with Gasteiger partial charge in [0.25, 0.3) is 0 Å². The number of rotatable bonds is 7. The van der Waals surface area contributed by atoms with Crippen LogP contribution in [-0.2, 0) is 22.6 Å². The highest BCUT2D eigenvalue weighted by molar-refractivity contribution is 7.10. The van der Waals surface area contributed by atoms with Crippen molar-refractivity contribution in [3.05, 3.63) is 21.9 Å². The molecule has 2 amide bonds. The number of guanidine groups is 1. The van der Waals surface area contributed by atoms with Gasteiger partial charge in [0.05, 0.1) is 12.0 Å². The fourth-order valence-electron chi connectivity index (χ4n) is 4.45. The summed E-state index contributed by atoms with van der Waals surface area (Å²) >= 11 is 1.78. The van der Waals surface area contributed by atoms with E-state index in [1.165, 1.54) is 10.4 Å². The van der Waals surface area contributed by atoms with Gasteiger partial charge in [-0.25, -0.2) is 0 Å². The van der Waals surface area contributed by atoms with E-state index in [1.54, 1.807) is 16.2 Å². The van der Waals surface area contributed by atoms with Gasteiger partial charge in [0.1, 0.15) is 0 Å². The van der Waals surface area contributed by atoms with E-state index in [2.05, 4.69) is 22.1 Å². The summed E-state index contributed by atoms with van der Waals surface area (Å²) in [7, 11) is 3.64. The minimum absolute atomic E-state index is 0.172. The number of amides is 2. The Morgan fingerprint density at radius 2 is 2.03 bits per heavy atom. The molecule has 2 aliphatic rings. The van der Waals surface area contributed by atoms with Crippen LogP contribution >= 0.6 is 11.3 Å². The molecule has 1 aliphatic heterocycles. The standard InChI is InChI=1S/C22H35N5O2S/c1-4-23-21(25-16-22(10-5-6-11-22)20(29)26(2)3)24-12-7-19(28)27-13-8-18-17(15-27)9-14-30-18/h9,14H,4-8,10-13,15-16H2,1-3H3,(H2,23,24,25). The molecule has 2 heterocycles. The molecule has 8 heteroatoms. The van der Waals surface area contributed by atoms with Crippen molar-refractivity contribution < 1.29 is 9.59 Å². The largest absolute Gasteiger partial charge is 0.357 e. The van der Waals surface area contributed by atoms with Crippen LogP contribution in [0.1, 0.15) is 49.5 Å². The highest BCUT2D eigenvalue weighted by Gasteiger charge is 2.42. The lowest BCUT2D eigenvalue weighted by Crippen LogP contribution is -2.44. The number of hydrogen-bond acceptors (Lipinski definition) is 4. The molecule has 1 aromatic rings. The first kappa shape index (κ1) is 22.6. The van der Waals surface area contributed by atoms with Crippen molar-refractivity contribution in [2.75, 3.05) is 40.3 Å². The molecule has 1 fully saturated rings. The van der Waals surface area contributed by atoms with Crippen molar-refractivity contribution in [2.45, 2.75) is 52.0 Å². The molecule has 1 saturated carbocycles. The lowest BCUT2D eigenvalue weighted by atomic mass is 9.85. The van der Waals surface area contributed by atoms with E-state index in [0.717, 1.165) is 51.7 Å². The lowest BCUT2D eigenvalue weighted by molar-refractivity contribution is -0.138. The lowest BCUT2D eigenvalue weighted by Gasteiger charge is -2.29. The van der Waals surface area contributed by atoms with E-state index < -0.39 is 0 Å². The first-order valence-electron chi connectivity index (χ1n) is 11.0. The summed E-state index contributed by atoms with van der Waals surface area (Å²) in [6, 6.07) is 2.13. The monoisotopic (exact) mass is 433 g/mol. The van der Waals surface area contributed by atoms with Gasteiger partial charge in [-0.05, 0) is 43.2 Å². The summed E-state index contributed by atoms with van der Waals surface area (Å²) in [4.78, 5) is 35.2. The zero-order valence-electron chi connectivity index (χ0n) is 18.5. The van der Waals surface area contributed by atoms with Crippen LogP contribution in [0, 0.1) is 5.41 Å².